The Bertz CT molecular complexity index is 987. The second-order valence-corrected chi connectivity index (χ2v) is 6.36. The van der Waals surface area contributed by atoms with Crippen LogP contribution in [0.1, 0.15) is 5.56 Å². The number of urea groups is 1. The van der Waals surface area contributed by atoms with Crippen LogP contribution in [0.4, 0.5) is 20.6 Å². The highest BCUT2D eigenvalue weighted by atomic mass is 35.5. The molecule has 0 saturated heterocycles. The van der Waals surface area contributed by atoms with Crippen LogP contribution in [0.15, 0.2) is 84.9 Å². The number of rotatable bonds is 4. The quantitative estimate of drug-likeness (QED) is 0.466. The standard InChI is InChI=1S/C22H17ClFN3O2/c23-17-13-11-16(20(24)15-17)12-14-21(28)25-26-22(29)27(18-7-3-1-4-8-18)19-9-5-2-6-10-19/h1-15H,(H,25,28)(H,26,29). The zero-order valence-electron chi connectivity index (χ0n) is 15.2. The second-order valence-electron chi connectivity index (χ2n) is 5.93. The van der Waals surface area contributed by atoms with Crippen LogP contribution < -0.4 is 15.8 Å². The lowest BCUT2D eigenvalue weighted by atomic mass is 10.2. The van der Waals surface area contributed by atoms with Crippen molar-refractivity contribution in [3.63, 3.8) is 0 Å². The van der Waals surface area contributed by atoms with Crippen LogP contribution in [0.25, 0.3) is 6.08 Å². The Kier molecular flexibility index (Phi) is 6.60. The van der Waals surface area contributed by atoms with Crippen LogP contribution in [0.2, 0.25) is 5.02 Å². The molecule has 0 bridgehead atoms. The van der Waals surface area contributed by atoms with Crippen molar-refractivity contribution in [3.05, 3.63) is 101 Å². The maximum Gasteiger partial charge on any atom is 0.345 e. The third-order valence-corrected chi connectivity index (χ3v) is 4.14. The van der Waals surface area contributed by atoms with E-state index < -0.39 is 17.8 Å². The van der Waals surface area contributed by atoms with E-state index in [0.717, 1.165) is 12.1 Å². The molecule has 0 aromatic heterocycles. The molecule has 0 heterocycles. The molecule has 0 atom stereocenters. The fraction of sp³-hybridized carbons (Fsp3) is 0. The number of hydrogen-bond acceptors (Lipinski definition) is 2. The number of benzene rings is 3. The SMILES string of the molecule is O=C(C=Cc1ccc(Cl)cc1F)NNC(=O)N(c1ccccc1)c1ccccc1. The molecule has 3 aromatic rings. The van der Waals surface area contributed by atoms with E-state index in [2.05, 4.69) is 10.9 Å². The van der Waals surface area contributed by atoms with Gasteiger partial charge in [-0.05, 0) is 42.5 Å². The van der Waals surface area contributed by atoms with Crippen LogP contribution in [-0.2, 0) is 4.79 Å². The first-order valence-corrected chi connectivity index (χ1v) is 9.06. The number of amides is 3. The van der Waals surface area contributed by atoms with E-state index in [9.17, 15) is 14.0 Å². The molecule has 0 radical (unpaired) electrons. The van der Waals surface area contributed by atoms with Crippen molar-refractivity contribution in [1.29, 1.82) is 0 Å². The van der Waals surface area contributed by atoms with Gasteiger partial charge in [0.15, 0.2) is 0 Å². The van der Waals surface area contributed by atoms with Gasteiger partial charge >= 0.3 is 6.03 Å². The number of halogens is 2. The van der Waals surface area contributed by atoms with Crippen LogP contribution in [0, 0.1) is 5.82 Å². The van der Waals surface area contributed by atoms with Gasteiger partial charge < -0.3 is 0 Å². The summed E-state index contributed by atoms with van der Waals surface area (Å²) in [5.74, 6) is -1.17. The summed E-state index contributed by atoms with van der Waals surface area (Å²) in [6.07, 6.45) is 2.40. The lowest BCUT2D eigenvalue weighted by molar-refractivity contribution is -0.117. The topological polar surface area (TPSA) is 61.4 Å². The fourth-order valence-corrected chi connectivity index (χ4v) is 2.71. The Morgan fingerprint density at radius 1 is 0.862 bits per heavy atom. The molecule has 5 nitrogen and oxygen atoms in total. The molecule has 0 fully saturated rings. The highest BCUT2D eigenvalue weighted by Gasteiger charge is 2.17. The van der Waals surface area contributed by atoms with Crippen molar-refractivity contribution >= 4 is 41.0 Å². The number of hydrogen-bond donors (Lipinski definition) is 2. The Morgan fingerprint density at radius 2 is 1.45 bits per heavy atom. The lowest BCUT2D eigenvalue weighted by Gasteiger charge is -2.23. The van der Waals surface area contributed by atoms with Gasteiger partial charge in [0.2, 0.25) is 0 Å². The molecule has 0 aliphatic heterocycles. The molecule has 3 amide bonds. The van der Waals surface area contributed by atoms with Gasteiger partial charge in [0.25, 0.3) is 5.91 Å². The molecule has 0 aliphatic rings. The highest BCUT2D eigenvalue weighted by Crippen LogP contribution is 2.24. The number of hydrazine groups is 1. The molecular formula is C22H17ClFN3O2. The summed E-state index contributed by atoms with van der Waals surface area (Å²) in [6.45, 7) is 0. The molecule has 29 heavy (non-hydrogen) atoms. The van der Waals surface area contributed by atoms with Gasteiger partial charge in [0.1, 0.15) is 5.82 Å². The maximum atomic E-state index is 13.8. The van der Waals surface area contributed by atoms with E-state index in [0.29, 0.717) is 11.4 Å². The average molecular weight is 410 g/mol. The number of nitrogens with one attached hydrogen (secondary N) is 2. The molecule has 3 aromatic carbocycles. The number of para-hydroxylation sites is 2. The zero-order valence-corrected chi connectivity index (χ0v) is 15.9. The largest absolute Gasteiger partial charge is 0.345 e. The minimum Gasteiger partial charge on any atom is -0.268 e. The Balaban J connectivity index is 1.68. The van der Waals surface area contributed by atoms with E-state index >= 15 is 0 Å². The second kappa shape index (κ2) is 9.52. The first-order chi connectivity index (χ1) is 14.0. The Labute approximate surface area is 172 Å². The summed E-state index contributed by atoms with van der Waals surface area (Å²) in [5.41, 5.74) is 6.11. The molecule has 7 heteroatoms. The number of carbonyl (C=O) groups excluding carboxylic acids is 2. The smallest absolute Gasteiger partial charge is 0.268 e. The third-order valence-electron chi connectivity index (χ3n) is 3.90. The minimum atomic E-state index is -0.617. The van der Waals surface area contributed by atoms with Gasteiger partial charge in [-0.1, -0.05) is 54.1 Å². The maximum absolute atomic E-state index is 13.8. The molecule has 2 N–H and O–H groups in total. The van der Waals surface area contributed by atoms with Gasteiger partial charge in [0, 0.05) is 16.7 Å². The monoisotopic (exact) mass is 409 g/mol. The van der Waals surface area contributed by atoms with E-state index in [1.807, 2.05) is 12.1 Å². The van der Waals surface area contributed by atoms with Crippen LogP contribution in [-0.4, -0.2) is 11.9 Å². The van der Waals surface area contributed by atoms with Gasteiger partial charge in [-0.2, -0.15) is 0 Å². The van der Waals surface area contributed by atoms with E-state index in [1.54, 1.807) is 48.5 Å². The number of anilines is 2. The molecular weight excluding hydrogens is 393 g/mol. The van der Waals surface area contributed by atoms with E-state index in [4.69, 9.17) is 11.6 Å². The van der Waals surface area contributed by atoms with Crippen molar-refractivity contribution in [2.75, 3.05) is 4.90 Å². The minimum absolute atomic E-state index is 0.200. The summed E-state index contributed by atoms with van der Waals surface area (Å²) in [6, 6.07) is 21.6. The van der Waals surface area contributed by atoms with Gasteiger partial charge in [0.05, 0.1) is 11.4 Å². The van der Waals surface area contributed by atoms with E-state index in [-0.39, 0.29) is 10.6 Å². The highest BCUT2D eigenvalue weighted by molar-refractivity contribution is 6.30. The summed E-state index contributed by atoms with van der Waals surface area (Å²) in [7, 11) is 0. The molecule has 146 valence electrons. The van der Waals surface area contributed by atoms with Crippen molar-refractivity contribution in [1.82, 2.24) is 10.9 Å². The van der Waals surface area contributed by atoms with Gasteiger partial charge in [-0.15, -0.1) is 0 Å². The zero-order chi connectivity index (χ0) is 20.6. The summed E-state index contributed by atoms with van der Waals surface area (Å²) < 4.78 is 13.8. The normalized spacial score (nSPS) is 10.6. The third kappa shape index (κ3) is 5.43. The Hall–Kier alpha value is -3.64. The predicted octanol–water partition coefficient (Wildman–Crippen LogP) is 5.07. The van der Waals surface area contributed by atoms with Gasteiger partial charge in [-0.25, -0.2) is 14.6 Å². The molecule has 0 aliphatic carbocycles. The predicted molar refractivity (Wildman–Crippen MR) is 112 cm³/mol. The van der Waals surface area contributed by atoms with Crippen molar-refractivity contribution in [3.8, 4) is 0 Å². The molecule has 0 spiro atoms. The van der Waals surface area contributed by atoms with Crippen LogP contribution in [0.5, 0.6) is 0 Å². The van der Waals surface area contributed by atoms with Gasteiger partial charge in [-0.3, -0.25) is 15.1 Å². The van der Waals surface area contributed by atoms with Crippen molar-refractivity contribution in [2.45, 2.75) is 0 Å². The fourth-order valence-electron chi connectivity index (χ4n) is 2.55. The summed E-state index contributed by atoms with van der Waals surface area (Å²) in [4.78, 5) is 26.2. The Morgan fingerprint density at radius 3 is 2.00 bits per heavy atom. The van der Waals surface area contributed by atoms with Crippen LogP contribution in [0.3, 0.4) is 0 Å². The average Bonchev–Trinajstić information content (AvgIpc) is 2.73. The van der Waals surface area contributed by atoms with Crippen molar-refractivity contribution in [2.24, 2.45) is 0 Å². The van der Waals surface area contributed by atoms with Crippen LogP contribution >= 0.6 is 11.6 Å². The molecule has 3 rings (SSSR count). The van der Waals surface area contributed by atoms with E-state index in [1.165, 1.54) is 23.1 Å². The van der Waals surface area contributed by atoms with Crippen molar-refractivity contribution < 1.29 is 14.0 Å². The lowest BCUT2D eigenvalue weighted by Crippen LogP contribution is -2.47. The summed E-state index contributed by atoms with van der Waals surface area (Å²) in [5, 5.41) is 0.262. The number of carbonyl (C=O) groups is 2. The summed E-state index contributed by atoms with van der Waals surface area (Å²) >= 11 is 5.70. The molecule has 0 unspecified atom stereocenters. The first kappa shape index (κ1) is 20.1. The first-order valence-electron chi connectivity index (χ1n) is 8.68. The number of nitrogens with zero attached hydrogens (tertiary/aromatic N) is 1. The molecule has 0 saturated carbocycles.